The molecule has 1 amide bonds. The Morgan fingerprint density at radius 1 is 1.34 bits per heavy atom. The van der Waals surface area contributed by atoms with E-state index in [-0.39, 0.29) is 18.9 Å². The lowest BCUT2D eigenvalue weighted by atomic mass is 10.2. The van der Waals surface area contributed by atoms with Gasteiger partial charge < -0.3 is 10.4 Å². The number of aliphatic hydroxyl groups is 1. The second-order valence-corrected chi connectivity index (χ2v) is 7.64. The monoisotopic (exact) mass is 483 g/mol. The van der Waals surface area contributed by atoms with Crippen LogP contribution in [-0.2, 0) is 4.84 Å². The van der Waals surface area contributed by atoms with Crippen LogP contribution in [0.1, 0.15) is 35.5 Å². The number of pyridine rings is 1. The summed E-state index contributed by atoms with van der Waals surface area (Å²) < 4.78 is 15.8. The molecule has 0 unspecified atom stereocenters. The van der Waals surface area contributed by atoms with E-state index < -0.39 is 11.7 Å². The number of carbonyl (C=O) groups is 1. The number of carbonyl (C=O) groups excluding carboxylic acids is 1. The Morgan fingerprint density at radius 2 is 2.10 bits per heavy atom. The van der Waals surface area contributed by atoms with Gasteiger partial charge in [-0.3, -0.25) is 14.6 Å². The number of benzene rings is 1. The maximum Gasteiger partial charge on any atom is 0.287 e. The summed E-state index contributed by atoms with van der Waals surface area (Å²) in [4.78, 5) is 22.1. The predicted molar refractivity (Wildman–Crippen MR) is 118 cm³/mol. The lowest BCUT2D eigenvalue weighted by molar-refractivity contribution is 0.0266. The molecule has 156 valence electrons. The van der Waals surface area contributed by atoms with Gasteiger partial charge in [-0.25, -0.2) is 9.87 Å². The molecular formula is C20H23BrFN3O3S. The van der Waals surface area contributed by atoms with Gasteiger partial charge in [0.15, 0.2) is 0 Å². The molecule has 0 radical (unpaired) electrons. The van der Waals surface area contributed by atoms with Crippen molar-refractivity contribution in [2.24, 2.45) is 0 Å². The summed E-state index contributed by atoms with van der Waals surface area (Å²) >= 11 is 4.67. The van der Waals surface area contributed by atoms with Crippen molar-refractivity contribution < 1.29 is 19.1 Å². The second kappa shape index (κ2) is 11.2. The molecule has 0 saturated heterocycles. The lowest BCUT2D eigenvalue weighted by Crippen LogP contribution is -2.24. The molecule has 2 aromatic heterocycles. The minimum absolute atomic E-state index is 0.0309. The summed E-state index contributed by atoms with van der Waals surface area (Å²) in [5, 5.41) is 12.5. The number of aliphatic hydroxyl groups excluding tert-OH is 1. The van der Waals surface area contributed by atoms with Crippen molar-refractivity contribution in [1.29, 1.82) is 0 Å². The van der Waals surface area contributed by atoms with Gasteiger partial charge in [-0.2, -0.15) is 0 Å². The third-order valence-electron chi connectivity index (χ3n) is 3.71. The zero-order valence-corrected chi connectivity index (χ0v) is 18.8. The number of thiophene rings is 1. The number of hydroxylamine groups is 1. The Hall–Kier alpha value is -2.07. The van der Waals surface area contributed by atoms with Crippen molar-refractivity contribution >= 4 is 54.6 Å². The molecule has 9 heteroatoms. The Labute approximate surface area is 181 Å². The first-order chi connectivity index (χ1) is 14.0. The Kier molecular flexibility index (Phi) is 8.97. The molecule has 2 heterocycles. The Balaban J connectivity index is 0.00000145. The van der Waals surface area contributed by atoms with Gasteiger partial charge in [-0.15, -0.1) is 11.3 Å². The second-order valence-electron chi connectivity index (χ2n) is 5.77. The van der Waals surface area contributed by atoms with Crippen molar-refractivity contribution in [3.63, 3.8) is 0 Å². The summed E-state index contributed by atoms with van der Waals surface area (Å²) in [7, 11) is 0. The molecule has 0 atom stereocenters. The zero-order valence-electron chi connectivity index (χ0n) is 16.4. The van der Waals surface area contributed by atoms with Crippen LogP contribution in [0.4, 0.5) is 15.8 Å². The molecule has 3 rings (SSSR count). The number of aromatic nitrogens is 1. The quantitative estimate of drug-likeness (QED) is 0.312. The first-order valence-electron chi connectivity index (χ1n) is 9.13. The van der Waals surface area contributed by atoms with Crippen LogP contribution in [0.25, 0.3) is 10.1 Å². The highest BCUT2D eigenvalue weighted by Gasteiger charge is 2.21. The highest BCUT2D eigenvalue weighted by atomic mass is 79.9. The van der Waals surface area contributed by atoms with Crippen molar-refractivity contribution in [2.75, 3.05) is 18.5 Å². The van der Waals surface area contributed by atoms with Crippen LogP contribution in [0.15, 0.2) is 35.1 Å². The molecule has 6 nitrogen and oxygen atoms in total. The van der Waals surface area contributed by atoms with Gasteiger partial charge in [0.1, 0.15) is 10.7 Å². The largest absolute Gasteiger partial charge is 0.396 e. The van der Waals surface area contributed by atoms with Gasteiger partial charge in [0.25, 0.3) is 5.91 Å². The molecule has 0 aliphatic rings. The standard InChI is InChI=1S/C18H17BrFN3O3S.C2H6/c1-10-3-4-14(13(20)7-10)22-15-11-8-21-9-12(19)16(11)27-17(15)18(25)23-26-6-2-5-24;1-2/h3-4,7-9,22,24H,2,5-6H2,1H3,(H,23,25);1-2H3. The first kappa shape index (κ1) is 23.2. The number of nitrogens with zero attached hydrogens (tertiary/aromatic N) is 1. The number of halogens is 2. The van der Waals surface area contributed by atoms with E-state index >= 15 is 0 Å². The molecule has 0 fully saturated rings. The number of fused-ring (bicyclic) bond motifs is 1. The van der Waals surface area contributed by atoms with Gasteiger partial charge in [0, 0.05) is 24.4 Å². The number of rotatable bonds is 7. The SMILES string of the molecule is CC.Cc1ccc(Nc2c(C(=O)NOCCCO)sc3c(Br)cncc23)c(F)c1. The van der Waals surface area contributed by atoms with Crippen molar-refractivity contribution in [3.05, 3.63) is 51.3 Å². The number of aryl methyl sites for hydroxylation is 1. The maximum absolute atomic E-state index is 14.3. The van der Waals surface area contributed by atoms with Gasteiger partial charge in [0.2, 0.25) is 0 Å². The number of nitrogens with one attached hydrogen (secondary N) is 2. The number of anilines is 2. The summed E-state index contributed by atoms with van der Waals surface area (Å²) in [6.45, 7) is 5.96. The Bertz CT molecular complexity index is 981. The third-order valence-corrected chi connectivity index (χ3v) is 5.81. The first-order valence-corrected chi connectivity index (χ1v) is 10.7. The molecule has 1 aromatic carbocycles. The van der Waals surface area contributed by atoms with Crippen LogP contribution < -0.4 is 10.8 Å². The molecule has 0 aliphatic carbocycles. The fraction of sp³-hybridized carbons (Fsp3) is 0.300. The van der Waals surface area contributed by atoms with Crippen molar-refractivity contribution in [3.8, 4) is 0 Å². The maximum atomic E-state index is 14.3. The van der Waals surface area contributed by atoms with E-state index in [0.717, 1.165) is 14.7 Å². The van der Waals surface area contributed by atoms with Crippen LogP contribution in [0, 0.1) is 12.7 Å². The minimum atomic E-state index is -0.462. The topological polar surface area (TPSA) is 83.5 Å². The van der Waals surface area contributed by atoms with Crippen LogP contribution >= 0.6 is 27.3 Å². The molecule has 3 N–H and O–H groups in total. The molecule has 0 spiro atoms. The van der Waals surface area contributed by atoms with E-state index in [1.807, 2.05) is 13.8 Å². The summed E-state index contributed by atoms with van der Waals surface area (Å²) in [6, 6.07) is 4.83. The fourth-order valence-electron chi connectivity index (χ4n) is 2.42. The Morgan fingerprint density at radius 3 is 2.79 bits per heavy atom. The molecule has 0 bridgehead atoms. The van der Waals surface area contributed by atoms with Crippen molar-refractivity contribution in [1.82, 2.24) is 10.5 Å². The van der Waals surface area contributed by atoms with Gasteiger partial charge in [0.05, 0.1) is 27.2 Å². The predicted octanol–water partition coefficient (Wildman–Crippen LogP) is 5.32. The smallest absolute Gasteiger partial charge is 0.287 e. The molecule has 0 saturated carbocycles. The molecule has 3 aromatic rings. The average Bonchev–Trinajstić information content (AvgIpc) is 3.09. The summed E-state index contributed by atoms with van der Waals surface area (Å²) in [5.74, 6) is -0.876. The molecular weight excluding hydrogens is 461 g/mol. The van der Waals surface area contributed by atoms with Gasteiger partial charge in [-0.1, -0.05) is 19.9 Å². The number of hydrogen-bond donors (Lipinski definition) is 3. The molecule has 29 heavy (non-hydrogen) atoms. The lowest BCUT2D eigenvalue weighted by Gasteiger charge is -2.10. The number of amides is 1. The normalized spacial score (nSPS) is 10.4. The van der Waals surface area contributed by atoms with E-state index in [2.05, 4.69) is 31.7 Å². The molecule has 0 aliphatic heterocycles. The zero-order chi connectivity index (χ0) is 21.4. The number of hydrogen-bond acceptors (Lipinski definition) is 6. The third kappa shape index (κ3) is 5.72. The van der Waals surface area contributed by atoms with E-state index in [0.29, 0.717) is 22.4 Å². The van der Waals surface area contributed by atoms with Gasteiger partial charge >= 0.3 is 0 Å². The van der Waals surface area contributed by atoms with E-state index in [1.54, 1.807) is 31.5 Å². The van der Waals surface area contributed by atoms with Crippen LogP contribution in [0.2, 0.25) is 0 Å². The fourth-order valence-corrected chi connectivity index (χ4v) is 4.01. The van der Waals surface area contributed by atoms with Crippen LogP contribution in [0.5, 0.6) is 0 Å². The summed E-state index contributed by atoms with van der Waals surface area (Å²) in [5.41, 5.74) is 3.87. The minimum Gasteiger partial charge on any atom is -0.396 e. The van der Waals surface area contributed by atoms with E-state index in [9.17, 15) is 9.18 Å². The summed E-state index contributed by atoms with van der Waals surface area (Å²) in [6.07, 6.45) is 3.66. The van der Waals surface area contributed by atoms with E-state index in [4.69, 9.17) is 9.94 Å². The van der Waals surface area contributed by atoms with E-state index in [1.165, 1.54) is 17.4 Å². The van der Waals surface area contributed by atoms with Crippen molar-refractivity contribution in [2.45, 2.75) is 27.2 Å². The highest BCUT2D eigenvalue weighted by molar-refractivity contribution is 9.10. The van der Waals surface area contributed by atoms with Crippen LogP contribution in [-0.4, -0.2) is 29.2 Å². The highest BCUT2D eigenvalue weighted by Crippen LogP contribution is 2.40. The average molecular weight is 484 g/mol. The van der Waals surface area contributed by atoms with Crippen LogP contribution in [0.3, 0.4) is 0 Å². The van der Waals surface area contributed by atoms with Gasteiger partial charge in [-0.05, 0) is 47.0 Å².